The van der Waals surface area contributed by atoms with Crippen LogP contribution in [0.2, 0.25) is 0 Å². The Hall–Kier alpha value is -3.86. The van der Waals surface area contributed by atoms with Gasteiger partial charge in [-0.15, -0.1) is 6.58 Å². The van der Waals surface area contributed by atoms with Gasteiger partial charge in [0.1, 0.15) is 13.2 Å². The molecule has 3 aromatic rings. The first-order chi connectivity index (χ1) is 14.7. The Labute approximate surface area is 176 Å². The van der Waals surface area contributed by atoms with E-state index in [1.807, 2.05) is 91.0 Å². The van der Waals surface area contributed by atoms with E-state index < -0.39 is 18.2 Å². The summed E-state index contributed by atoms with van der Waals surface area (Å²) in [6.07, 6.45) is -0.0839. The molecule has 3 rings (SSSR count). The fourth-order valence-electron chi connectivity index (χ4n) is 2.92. The van der Waals surface area contributed by atoms with Gasteiger partial charge in [0.15, 0.2) is 0 Å². The summed E-state index contributed by atoms with van der Waals surface area (Å²) in [4.78, 5) is 26.7. The number of benzene rings is 3. The molecule has 30 heavy (non-hydrogen) atoms. The van der Waals surface area contributed by atoms with Gasteiger partial charge in [0, 0.05) is 0 Å². The van der Waals surface area contributed by atoms with Gasteiger partial charge in [-0.1, -0.05) is 97.1 Å². The molecule has 0 aliphatic carbocycles. The molecule has 2 amide bonds. The maximum absolute atomic E-state index is 12.9. The Morgan fingerprint density at radius 1 is 0.733 bits per heavy atom. The molecule has 152 valence electrons. The summed E-state index contributed by atoms with van der Waals surface area (Å²) in [5, 5.41) is 0. The van der Waals surface area contributed by atoms with Crippen molar-refractivity contribution in [2.75, 3.05) is 0 Å². The van der Waals surface area contributed by atoms with Crippen LogP contribution in [-0.4, -0.2) is 17.1 Å². The highest BCUT2D eigenvalue weighted by atomic mass is 16.6. The van der Waals surface area contributed by atoms with E-state index in [-0.39, 0.29) is 13.2 Å². The molecule has 0 heterocycles. The molecular weight excluding hydrogens is 378 g/mol. The van der Waals surface area contributed by atoms with Crippen molar-refractivity contribution in [3.8, 4) is 0 Å². The maximum atomic E-state index is 12.9. The third-order valence-corrected chi connectivity index (χ3v) is 4.45. The number of nitrogens with zero attached hydrogens (tertiary/aromatic N) is 1. The second-order valence-corrected chi connectivity index (χ2v) is 6.54. The first kappa shape index (κ1) is 20.9. The van der Waals surface area contributed by atoms with Crippen molar-refractivity contribution in [3.63, 3.8) is 0 Å². The number of amides is 2. The molecule has 0 radical (unpaired) electrons. The minimum Gasteiger partial charge on any atom is -0.444 e. The average Bonchev–Trinajstić information content (AvgIpc) is 2.81. The van der Waals surface area contributed by atoms with Crippen molar-refractivity contribution in [3.05, 3.63) is 120 Å². The Balaban J connectivity index is 1.78. The van der Waals surface area contributed by atoms with Crippen LogP contribution in [0, 0.1) is 0 Å². The monoisotopic (exact) mass is 401 g/mol. The zero-order chi connectivity index (χ0) is 21.2. The lowest BCUT2D eigenvalue weighted by Crippen LogP contribution is -2.40. The van der Waals surface area contributed by atoms with Crippen molar-refractivity contribution in [2.45, 2.75) is 19.3 Å². The molecular formula is C25H23NO4. The predicted molar refractivity (Wildman–Crippen MR) is 114 cm³/mol. The summed E-state index contributed by atoms with van der Waals surface area (Å²) in [6.45, 7) is 3.89. The molecule has 0 N–H and O–H groups in total. The van der Waals surface area contributed by atoms with Crippen molar-refractivity contribution < 1.29 is 19.1 Å². The summed E-state index contributed by atoms with van der Waals surface area (Å²) in [5.74, 6) is 0. The summed E-state index contributed by atoms with van der Waals surface area (Å²) < 4.78 is 10.8. The Kier molecular flexibility index (Phi) is 7.39. The molecule has 0 aromatic heterocycles. The molecule has 5 nitrogen and oxygen atoms in total. The number of hydrogen-bond donors (Lipinski definition) is 0. The third kappa shape index (κ3) is 5.58. The van der Waals surface area contributed by atoms with Crippen molar-refractivity contribution in [1.29, 1.82) is 0 Å². The molecule has 0 unspecified atom stereocenters. The lowest BCUT2D eigenvalue weighted by atomic mass is 10.1. The molecule has 0 saturated heterocycles. The quantitative estimate of drug-likeness (QED) is 0.463. The van der Waals surface area contributed by atoms with Crippen molar-refractivity contribution in [1.82, 2.24) is 4.90 Å². The molecule has 0 aliphatic rings. The van der Waals surface area contributed by atoms with E-state index in [1.165, 1.54) is 6.08 Å². The number of rotatable bonds is 7. The van der Waals surface area contributed by atoms with Crippen LogP contribution in [0.3, 0.4) is 0 Å². The van der Waals surface area contributed by atoms with Crippen LogP contribution >= 0.6 is 0 Å². The van der Waals surface area contributed by atoms with E-state index in [2.05, 4.69) is 6.58 Å². The van der Waals surface area contributed by atoms with E-state index in [9.17, 15) is 9.59 Å². The van der Waals surface area contributed by atoms with Crippen LogP contribution < -0.4 is 0 Å². The van der Waals surface area contributed by atoms with Crippen LogP contribution in [0.25, 0.3) is 0 Å². The Bertz CT molecular complexity index is 903. The smallest absolute Gasteiger partial charge is 0.420 e. The minimum absolute atomic E-state index is 0.0425. The van der Waals surface area contributed by atoms with E-state index in [1.54, 1.807) is 0 Å². The van der Waals surface area contributed by atoms with Crippen molar-refractivity contribution >= 4 is 12.2 Å². The van der Waals surface area contributed by atoms with Crippen LogP contribution in [0.1, 0.15) is 22.7 Å². The SMILES string of the molecule is C=C[C@@H](c1ccccc1)N(C(=O)OCc1ccccc1)C(=O)OCc1ccccc1. The van der Waals surface area contributed by atoms with Gasteiger partial charge in [0.05, 0.1) is 6.04 Å². The van der Waals surface area contributed by atoms with Crippen LogP contribution in [0.15, 0.2) is 104 Å². The largest absolute Gasteiger partial charge is 0.444 e. The van der Waals surface area contributed by atoms with Gasteiger partial charge < -0.3 is 9.47 Å². The standard InChI is InChI=1S/C25H23NO4/c1-2-23(22-16-10-5-11-17-22)26(24(27)29-18-20-12-6-3-7-13-20)25(28)30-19-21-14-8-4-9-15-21/h2-17,23H,1,18-19H2/t23-/m0/s1. The zero-order valence-electron chi connectivity index (χ0n) is 16.5. The predicted octanol–water partition coefficient (Wildman–Crippen LogP) is 5.89. The summed E-state index contributed by atoms with van der Waals surface area (Å²) in [6, 6.07) is 26.9. The topological polar surface area (TPSA) is 55.8 Å². The van der Waals surface area contributed by atoms with E-state index >= 15 is 0 Å². The molecule has 3 aromatic carbocycles. The second kappa shape index (κ2) is 10.6. The van der Waals surface area contributed by atoms with Gasteiger partial charge in [-0.3, -0.25) is 0 Å². The molecule has 0 aliphatic heterocycles. The highest BCUT2D eigenvalue weighted by Crippen LogP contribution is 2.24. The average molecular weight is 401 g/mol. The Morgan fingerprint density at radius 3 is 1.53 bits per heavy atom. The lowest BCUT2D eigenvalue weighted by molar-refractivity contribution is 0.0620. The van der Waals surface area contributed by atoms with E-state index in [4.69, 9.17) is 9.47 Å². The normalized spacial score (nSPS) is 11.2. The van der Waals surface area contributed by atoms with Gasteiger partial charge in [0.2, 0.25) is 0 Å². The number of hydrogen-bond acceptors (Lipinski definition) is 4. The number of carbonyl (C=O) groups is 2. The van der Waals surface area contributed by atoms with Crippen LogP contribution in [0.5, 0.6) is 0 Å². The number of carbonyl (C=O) groups excluding carboxylic acids is 2. The zero-order valence-corrected chi connectivity index (χ0v) is 16.5. The summed E-state index contributed by atoms with van der Waals surface area (Å²) in [7, 11) is 0. The number of ether oxygens (including phenoxy) is 2. The van der Waals surface area contributed by atoms with Gasteiger partial charge in [0.25, 0.3) is 0 Å². The summed E-state index contributed by atoms with van der Waals surface area (Å²) >= 11 is 0. The minimum atomic E-state index is -0.800. The molecule has 5 heteroatoms. The third-order valence-electron chi connectivity index (χ3n) is 4.45. The lowest BCUT2D eigenvalue weighted by Gasteiger charge is -2.27. The fourth-order valence-corrected chi connectivity index (χ4v) is 2.92. The van der Waals surface area contributed by atoms with E-state index in [0.29, 0.717) is 0 Å². The molecule has 0 fully saturated rings. The van der Waals surface area contributed by atoms with Gasteiger partial charge in [-0.2, -0.15) is 0 Å². The van der Waals surface area contributed by atoms with Gasteiger partial charge in [-0.05, 0) is 16.7 Å². The van der Waals surface area contributed by atoms with E-state index in [0.717, 1.165) is 21.6 Å². The molecule has 1 atom stereocenters. The van der Waals surface area contributed by atoms with Gasteiger partial charge >= 0.3 is 12.2 Å². The van der Waals surface area contributed by atoms with Crippen molar-refractivity contribution in [2.24, 2.45) is 0 Å². The first-order valence-electron chi connectivity index (χ1n) is 9.57. The number of imide groups is 1. The first-order valence-corrected chi connectivity index (χ1v) is 9.57. The molecule has 0 spiro atoms. The van der Waals surface area contributed by atoms with Gasteiger partial charge in [-0.25, -0.2) is 14.5 Å². The van der Waals surface area contributed by atoms with Crippen LogP contribution in [-0.2, 0) is 22.7 Å². The second-order valence-electron chi connectivity index (χ2n) is 6.54. The Morgan fingerprint density at radius 2 is 1.13 bits per heavy atom. The highest BCUT2D eigenvalue weighted by Gasteiger charge is 2.32. The fraction of sp³-hybridized carbons (Fsp3) is 0.120. The summed E-state index contributed by atoms with van der Waals surface area (Å²) in [5.41, 5.74) is 2.36. The molecule has 0 saturated carbocycles. The molecule has 0 bridgehead atoms. The van der Waals surface area contributed by atoms with Crippen LogP contribution in [0.4, 0.5) is 9.59 Å². The highest BCUT2D eigenvalue weighted by molar-refractivity contribution is 5.88. The maximum Gasteiger partial charge on any atom is 0.420 e.